The molecular weight excluding hydrogens is 472 g/mol. The topological polar surface area (TPSA) is 151 Å². The maximum absolute atomic E-state index is 13.0. The van der Waals surface area contributed by atoms with Crippen molar-refractivity contribution in [3.63, 3.8) is 0 Å². The molecule has 0 saturated heterocycles. The van der Waals surface area contributed by atoms with Gasteiger partial charge in [0.2, 0.25) is 12.6 Å². The lowest BCUT2D eigenvalue weighted by Gasteiger charge is -2.18. The van der Waals surface area contributed by atoms with Gasteiger partial charge in [0.15, 0.2) is 23.9 Å². The monoisotopic (exact) mass is 488 g/mol. The number of rotatable bonds is 6. The van der Waals surface area contributed by atoms with E-state index in [1.165, 1.54) is 24.3 Å². The average molecular weight is 488 g/mol. The molecule has 1 aliphatic carbocycles. The molecule has 3 aromatic rings. The van der Waals surface area contributed by atoms with Crippen molar-refractivity contribution in [2.75, 3.05) is 13.4 Å². The maximum Gasteiger partial charge on any atom is 0.345 e. The number of carbonyl (C=O) groups is 4. The Hall–Kier alpha value is -5.06. The van der Waals surface area contributed by atoms with E-state index in [2.05, 4.69) is 5.32 Å². The number of esters is 1. The number of ether oxygens (including phenoxy) is 3. The zero-order chi connectivity index (χ0) is 25.4. The van der Waals surface area contributed by atoms with Crippen LogP contribution < -0.4 is 14.8 Å². The lowest BCUT2D eigenvalue weighted by atomic mass is 9.82. The van der Waals surface area contributed by atoms with Gasteiger partial charge in [-0.1, -0.05) is 30.3 Å². The third kappa shape index (κ3) is 3.92. The van der Waals surface area contributed by atoms with Crippen molar-refractivity contribution in [3.05, 3.63) is 98.1 Å². The van der Waals surface area contributed by atoms with Crippen molar-refractivity contribution in [3.8, 4) is 11.5 Å². The Balaban J connectivity index is 1.31. The lowest BCUT2D eigenvalue weighted by molar-refractivity contribution is -0.385. The highest BCUT2D eigenvalue weighted by molar-refractivity contribution is 6.30. The van der Waals surface area contributed by atoms with Gasteiger partial charge in [0.1, 0.15) is 11.1 Å². The number of nitrogens with zero attached hydrogens (tertiary/aromatic N) is 1. The summed E-state index contributed by atoms with van der Waals surface area (Å²) in [5.74, 6) is -2.00. The number of hydrogen-bond acceptors (Lipinski definition) is 9. The van der Waals surface area contributed by atoms with Crippen LogP contribution in [0.15, 0.2) is 54.6 Å². The molecule has 0 atom stereocenters. The highest BCUT2D eigenvalue weighted by Crippen LogP contribution is 2.36. The summed E-state index contributed by atoms with van der Waals surface area (Å²) in [5, 5.41) is 14.4. The van der Waals surface area contributed by atoms with Gasteiger partial charge in [-0.3, -0.25) is 24.5 Å². The molecule has 1 amide bonds. The van der Waals surface area contributed by atoms with Crippen LogP contribution in [0.5, 0.6) is 11.5 Å². The minimum absolute atomic E-state index is 0.00603. The highest BCUT2D eigenvalue weighted by Gasteiger charge is 2.39. The normalized spacial score (nSPS) is 13.0. The van der Waals surface area contributed by atoms with Crippen molar-refractivity contribution in [1.29, 1.82) is 0 Å². The minimum atomic E-state index is -1.18. The largest absolute Gasteiger partial charge is 0.454 e. The van der Waals surface area contributed by atoms with E-state index in [9.17, 15) is 29.3 Å². The molecule has 11 nitrogen and oxygen atoms in total. The van der Waals surface area contributed by atoms with E-state index in [0.717, 1.165) is 6.07 Å². The van der Waals surface area contributed by atoms with Crippen molar-refractivity contribution in [2.24, 2.45) is 0 Å². The number of fused-ring (bicyclic) bond motifs is 3. The summed E-state index contributed by atoms with van der Waals surface area (Å²) < 4.78 is 15.5. The molecule has 0 bridgehead atoms. The molecule has 2 aliphatic rings. The predicted octanol–water partition coefficient (Wildman–Crippen LogP) is 2.57. The van der Waals surface area contributed by atoms with E-state index in [1.54, 1.807) is 24.3 Å². The van der Waals surface area contributed by atoms with E-state index in [0.29, 0.717) is 17.1 Å². The van der Waals surface area contributed by atoms with Gasteiger partial charge in [-0.05, 0) is 29.8 Å². The number of nitro groups is 1. The number of amides is 1. The molecule has 3 aromatic carbocycles. The molecule has 0 fully saturated rings. The van der Waals surface area contributed by atoms with Gasteiger partial charge in [0, 0.05) is 23.2 Å². The first-order valence-electron chi connectivity index (χ1n) is 10.7. The van der Waals surface area contributed by atoms with Crippen LogP contribution in [0.2, 0.25) is 0 Å². The summed E-state index contributed by atoms with van der Waals surface area (Å²) in [6, 6.07) is 13.3. The number of nitro benzene ring substituents is 1. The second-order valence-corrected chi connectivity index (χ2v) is 7.89. The van der Waals surface area contributed by atoms with Gasteiger partial charge in [-0.2, -0.15) is 0 Å². The molecule has 180 valence electrons. The van der Waals surface area contributed by atoms with E-state index in [1.807, 2.05) is 0 Å². The van der Waals surface area contributed by atoms with Crippen LogP contribution in [0.1, 0.15) is 47.8 Å². The van der Waals surface area contributed by atoms with Crippen molar-refractivity contribution in [1.82, 2.24) is 5.32 Å². The quantitative estimate of drug-likeness (QED) is 0.245. The molecule has 0 aromatic heterocycles. The fourth-order valence-corrected chi connectivity index (χ4v) is 4.03. The van der Waals surface area contributed by atoms with Crippen LogP contribution in [-0.2, 0) is 16.1 Å². The standard InChI is InChI=1S/C25H16N2O9/c28-20(26-10-13-5-8-18-19(9-13)36-12-35-18)11-34-25(31)17-7-6-16-21(22(17)27(32)33)24(30)15-4-2-1-3-14(15)23(16)29/h1-9H,10-12H2,(H,26,28). The van der Waals surface area contributed by atoms with Crippen LogP contribution in [0, 0.1) is 10.1 Å². The highest BCUT2D eigenvalue weighted by atomic mass is 16.7. The number of benzene rings is 3. The third-order valence-corrected chi connectivity index (χ3v) is 5.73. The molecule has 0 radical (unpaired) electrons. The van der Waals surface area contributed by atoms with Gasteiger partial charge in [-0.25, -0.2) is 4.79 Å². The molecule has 1 heterocycles. The third-order valence-electron chi connectivity index (χ3n) is 5.73. The predicted molar refractivity (Wildman–Crippen MR) is 121 cm³/mol. The Kier molecular flexibility index (Phi) is 5.65. The van der Waals surface area contributed by atoms with E-state index in [-0.39, 0.29) is 30.0 Å². The summed E-state index contributed by atoms with van der Waals surface area (Å²) in [7, 11) is 0. The van der Waals surface area contributed by atoms with Gasteiger partial charge in [-0.15, -0.1) is 0 Å². The first-order valence-corrected chi connectivity index (χ1v) is 10.7. The van der Waals surface area contributed by atoms with Gasteiger partial charge >= 0.3 is 5.97 Å². The smallest absolute Gasteiger partial charge is 0.345 e. The van der Waals surface area contributed by atoms with E-state index in [4.69, 9.17) is 14.2 Å². The van der Waals surface area contributed by atoms with E-state index < -0.39 is 51.8 Å². The molecule has 0 spiro atoms. The van der Waals surface area contributed by atoms with Crippen molar-refractivity contribution in [2.45, 2.75) is 6.54 Å². The van der Waals surface area contributed by atoms with Crippen molar-refractivity contribution >= 4 is 29.1 Å². The fourth-order valence-electron chi connectivity index (χ4n) is 4.03. The van der Waals surface area contributed by atoms with Crippen LogP contribution >= 0.6 is 0 Å². The number of carbonyl (C=O) groups excluding carboxylic acids is 4. The Morgan fingerprint density at radius 3 is 2.42 bits per heavy atom. The molecule has 1 aliphatic heterocycles. The Labute approximate surface area is 202 Å². The van der Waals surface area contributed by atoms with Gasteiger partial charge in [0.05, 0.1) is 4.92 Å². The van der Waals surface area contributed by atoms with Gasteiger partial charge in [0.25, 0.3) is 11.6 Å². The lowest BCUT2D eigenvalue weighted by Crippen LogP contribution is -2.29. The van der Waals surface area contributed by atoms with Gasteiger partial charge < -0.3 is 19.5 Å². The molecular formula is C25H16N2O9. The Morgan fingerprint density at radius 2 is 1.67 bits per heavy atom. The van der Waals surface area contributed by atoms with Crippen LogP contribution in [0.4, 0.5) is 5.69 Å². The molecule has 11 heteroatoms. The van der Waals surface area contributed by atoms with Crippen LogP contribution in [0.3, 0.4) is 0 Å². The zero-order valence-electron chi connectivity index (χ0n) is 18.4. The second-order valence-electron chi connectivity index (χ2n) is 7.89. The SMILES string of the molecule is O=C(COC(=O)c1ccc2c(c1[N+](=O)[O-])C(=O)c1ccccc1C2=O)NCc1ccc2c(c1)OCO2. The number of nitrogens with one attached hydrogen (secondary N) is 1. The first-order chi connectivity index (χ1) is 17.3. The summed E-state index contributed by atoms with van der Waals surface area (Å²) in [6.07, 6.45) is 0. The van der Waals surface area contributed by atoms with Crippen LogP contribution in [0.25, 0.3) is 0 Å². The molecule has 0 saturated carbocycles. The number of ketones is 2. The van der Waals surface area contributed by atoms with Crippen LogP contribution in [-0.4, -0.2) is 41.8 Å². The molecule has 5 rings (SSSR count). The summed E-state index contributed by atoms with van der Waals surface area (Å²) >= 11 is 0. The second kappa shape index (κ2) is 8.95. The summed E-state index contributed by atoms with van der Waals surface area (Å²) in [4.78, 5) is 61.7. The minimum Gasteiger partial charge on any atom is -0.454 e. The molecule has 36 heavy (non-hydrogen) atoms. The Morgan fingerprint density at radius 1 is 0.944 bits per heavy atom. The average Bonchev–Trinajstić information content (AvgIpc) is 3.36. The maximum atomic E-state index is 13.0. The number of hydrogen-bond donors (Lipinski definition) is 1. The Bertz CT molecular complexity index is 1480. The summed E-state index contributed by atoms with van der Waals surface area (Å²) in [5.41, 5.74) is -1.19. The molecule has 1 N–H and O–H groups in total. The summed E-state index contributed by atoms with van der Waals surface area (Å²) in [6.45, 7) is -0.489. The zero-order valence-corrected chi connectivity index (χ0v) is 18.4. The van der Waals surface area contributed by atoms with E-state index >= 15 is 0 Å². The first kappa shape index (κ1) is 22.7. The fraction of sp³-hybridized carbons (Fsp3) is 0.120. The molecule has 0 unspecified atom stereocenters. The van der Waals surface area contributed by atoms with Crippen molar-refractivity contribution < 1.29 is 38.3 Å².